The molecule has 1 aromatic carbocycles. The summed E-state index contributed by atoms with van der Waals surface area (Å²) in [5, 5.41) is 9.85. The second-order valence-electron chi connectivity index (χ2n) is 7.80. The van der Waals surface area contributed by atoms with Crippen molar-refractivity contribution in [3.8, 4) is 5.69 Å². The summed E-state index contributed by atoms with van der Waals surface area (Å²) in [6, 6.07) is 4.89. The molecule has 0 aliphatic carbocycles. The Kier molecular flexibility index (Phi) is 5.27. The Balaban J connectivity index is 2.32. The summed E-state index contributed by atoms with van der Waals surface area (Å²) in [6.07, 6.45) is 2.20. The molecule has 0 radical (unpaired) electrons. The van der Waals surface area contributed by atoms with E-state index in [1.165, 1.54) is 27.9 Å². The Labute approximate surface area is 163 Å². The first-order valence-electron chi connectivity index (χ1n) is 9.99. The summed E-state index contributed by atoms with van der Waals surface area (Å²) in [5.74, 6) is 0. The topological polar surface area (TPSA) is 42.7 Å². The minimum absolute atomic E-state index is 0.458. The fourth-order valence-electron chi connectivity index (χ4n) is 4.06. The number of rotatable bonds is 5. The van der Waals surface area contributed by atoms with Gasteiger partial charge < -0.3 is 5.32 Å². The van der Waals surface area contributed by atoms with Gasteiger partial charge in [0.2, 0.25) is 0 Å². The van der Waals surface area contributed by atoms with E-state index in [1.807, 2.05) is 4.68 Å². The van der Waals surface area contributed by atoms with Gasteiger partial charge in [-0.2, -0.15) is 5.10 Å². The molecule has 0 fully saturated rings. The highest BCUT2D eigenvalue weighted by atomic mass is 15.3. The van der Waals surface area contributed by atoms with Crippen LogP contribution in [0, 0.1) is 41.5 Å². The van der Waals surface area contributed by atoms with Crippen LogP contribution in [0.15, 0.2) is 12.1 Å². The molecule has 0 spiro atoms. The van der Waals surface area contributed by atoms with Crippen molar-refractivity contribution < 1.29 is 0 Å². The Morgan fingerprint density at radius 3 is 2.07 bits per heavy atom. The van der Waals surface area contributed by atoms with Gasteiger partial charge in [-0.1, -0.05) is 31.5 Å². The zero-order valence-corrected chi connectivity index (χ0v) is 18.0. The van der Waals surface area contributed by atoms with Crippen molar-refractivity contribution in [2.45, 2.75) is 74.3 Å². The molecular weight excluding hydrogens is 332 g/mol. The number of aromatic nitrogens is 3. The van der Waals surface area contributed by atoms with Gasteiger partial charge in [0.25, 0.3) is 0 Å². The van der Waals surface area contributed by atoms with Crippen LogP contribution in [0.4, 0.5) is 5.69 Å². The number of pyridine rings is 1. The van der Waals surface area contributed by atoms with Crippen LogP contribution in [-0.4, -0.2) is 20.8 Å². The van der Waals surface area contributed by atoms with Crippen molar-refractivity contribution in [3.63, 3.8) is 0 Å². The molecule has 0 saturated carbocycles. The van der Waals surface area contributed by atoms with Gasteiger partial charge in [0.05, 0.1) is 22.5 Å². The lowest BCUT2D eigenvalue weighted by Gasteiger charge is -2.20. The average molecular weight is 365 g/mol. The van der Waals surface area contributed by atoms with Crippen molar-refractivity contribution in [2.24, 2.45) is 0 Å². The van der Waals surface area contributed by atoms with Crippen LogP contribution in [0.3, 0.4) is 0 Å². The van der Waals surface area contributed by atoms with Crippen LogP contribution in [0.2, 0.25) is 0 Å². The standard InChI is InChI=1S/C23H32N4/c1-9-19(10-2)25-21-16(6)17(7)24-23-20(21)18(8)26-27(23)22-14(4)11-13(3)12-15(22)5/h11-12,19H,9-10H2,1-8H3,(H,24,25). The average Bonchev–Trinajstić information content (AvgIpc) is 2.91. The second kappa shape index (κ2) is 7.34. The van der Waals surface area contributed by atoms with Crippen LogP contribution >= 0.6 is 0 Å². The summed E-state index contributed by atoms with van der Waals surface area (Å²) >= 11 is 0. The van der Waals surface area contributed by atoms with Gasteiger partial charge in [0.15, 0.2) is 5.65 Å². The predicted molar refractivity (Wildman–Crippen MR) is 115 cm³/mol. The van der Waals surface area contributed by atoms with Gasteiger partial charge in [-0.3, -0.25) is 0 Å². The number of nitrogens with zero attached hydrogens (tertiary/aromatic N) is 3. The van der Waals surface area contributed by atoms with Gasteiger partial charge in [-0.15, -0.1) is 0 Å². The molecule has 0 unspecified atom stereocenters. The molecule has 1 N–H and O–H groups in total. The fourth-order valence-corrected chi connectivity index (χ4v) is 4.06. The number of hydrogen-bond donors (Lipinski definition) is 1. The Morgan fingerprint density at radius 2 is 1.52 bits per heavy atom. The summed E-state index contributed by atoms with van der Waals surface area (Å²) in [6.45, 7) is 17.3. The monoisotopic (exact) mass is 364 g/mol. The zero-order chi connectivity index (χ0) is 19.9. The first-order valence-corrected chi connectivity index (χ1v) is 9.99. The minimum atomic E-state index is 0.458. The maximum absolute atomic E-state index is 4.96. The highest BCUT2D eigenvalue weighted by Crippen LogP contribution is 2.34. The largest absolute Gasteiger partial charge is 0.381 e. The molecule has 3 aromatic rings. The quantitative estimate of drug-likeness (QED) is 0.615. The van der Waals surface area contributed by atoms with E-state index in [0.717, 1.165) is 41.0 Å². The Morgan fingerprint density at radius 1 is 0.926 bits per heavy atom. The number of benzene rings is 1. The molecule has 4 heteroatoms. The fraction of sp³-hybridized carbons (Fsp3) is 0.478. The zero-order valence-electron chi connectivity index (χ0n) is 18.0. The first-order chi connectivity index (χ1) is 12.8. The maximum atomic E-state index is 4.96. The van der Waals surface area contributed by atoms with Crippen molar-refractivity contribution in [1.29, 1.82) is 0 Å². The van der Waals surface area contributed by atoms with Crippen molar-refractivity contribution in [3.05, 3.63) is 45.8 Å². The Bertz CT molecular complexity index is 971. The van der Waals surface area contributed by atoms with Crippen LogP contribution < -0.4 is 5.32 Å². The van der Waals surface area contributed by atoms with E-state index in [2.05, 4.69) is 72.8 Å². The third-order valence-electron chi connectivity index (χ3n) is 5.66. The van der Waals surface area contributed by atoms with E-state index >= 15 is 0 Å². The lowest BCUT2D eigenvalue weighted by molar-refractivity contribution is 0.671. The highest BCUT2D eigenvalue weighted by molar-refractivity contribution is 5.94. The van der Waals surface area contributed by atoms with Crippen LogP contribution in [0.25, 0.3) is 16.7 Å². The van der Waals surface area contributed by atoms with Crippen LogP contribution in [0.1, 0.15) is 60.3 Å². The second-order valence-corrected chi connectivity index (χ2v) is 7.80. The smallest absolute Gasteiger partial charge is 0.165 e. The number of aryl methyl sites for hydroxylation is 5. The molecule has 0 amide bonds. The molecule has 0 saturated heterocycles. The van der Waals surface area contributed by atoms with E-state index < -0.39 is 0 Å². The molecule has 0 atom stereocenters. The molecule has 2 aromatic heterocycles. The van der Waals surface area contributed by atoms with E-state index in [-0.39, 0.29) is 0 Å². The molecule has 0 aliphatic heterocycles. The molecule has 27 heavy (non-hydrogen) atoms. The van der Waals surface area contributed by atoms with Crippen molar-refractivity contribution in [1.82, 2.24) is 14.8 Å². The summed E-state index contributed by atoms with van der Waals surface area (Å²) in [7, 11) is 0. The third-order valence-corrected chi connectivity index (χ3v) is 5.66. The van der Waals surface area contributed by atoms with Gasteiger partial charge in [0, 0.05) is 11.7 Å². The van der Waals surface area contributed by atoms with Crippen molar-refractivity contribution >= 4 is 16.7 Å². The summed E-state index contributed by atoms with van der Waals surface area (Å²) in [4.78, 5) is 4.96. The SMILES string of the molecule is CCC(CC)Nc1c(C)c(C)nc2c1c(C)nn2-c1c(C)cc(C)cc1C. The molecule has 0 aliphatic rings. The normalized spacial score (nSPS) is 11.6. The number of hydrogen-bond acceptors (Lipinski definition) is 3. The third kappa shape index (κ3) is 3.33. The van der Waals surface area contributed by atoms with E-state index in [9.17, 15) is 0 Å². The summed E-state index contributed by atoms with van der Waals surface area (Å²) in [5.41, 5.74) is 10.3. The minimum Gasteiger partial charge on any atom is -0.381 e. The molecule has 2 heterocycles. The lowest BCUT2D eigenvalue weighted by Crippen LogP contribution is -2.18. The maximum Gasteiger partial charge on any atom is 0.165 e. The predicted octanol–water partition coefficient (Wildman–Crippen LogP) is 5.87. The van der Waals surface area contributed by atoms with Gasteiger partial charge in [-0.25, -0.2) is 9.67 Å². The van der Waals surface area contributed by atoms with Gasteiger partial charge in [0.1, 0.15) is 0 Å². The van der Waals surface area contributed by atoms with E-state index in [0.29, 0.717) is 6.04 Å². The molecule has 3 rings (SSSR count). The number of anilines is 1. The van der Waals surface area contributed by atoms with Crippen LogP contribution in [-0.2, 0) is 0 Å². The van der Waals surface area contributed by atoms with E-state index in [4.69, 9.17) is 10.1 Å². The molecule has 4 nitrogen and oxygen atoms in total. The summed E-state index contributed by atoms with van der Waals surface area (Å²) < 4.78 is 2.04. The first kappa shape index (κ1) is 19.4. The lowest BCUT2D eigenvalue weighted by atomic mass is 10.0. The molecular formula is C23H32N4. The molecule has 144 valence electrons. The highest BCUT2D eigenvalue weighted by Gasteiger charge is 2.21. The van der Waals surface area contributed by atoms with Crippen LogP contribution in [0.5, 0.6) is 0 Å². The van der Waals surface area contributed by atoms with Gasteiger partial charge in [-0.05, 0) is 71.1 Å². The Hall–Kier alpha value is -2.36. The van der Waals surface area contributed by atoms with Crippen molar-refractivity contribution in [2.75, 3.05) is 5.32 Å². The number of nitrogens with one attached hydrogen (secondary N) is 1. The molecule has 0 bridgehead atoms. The van der Waals surface area contributed by atoms with Gasteiger partial charge >= 0.3 is 0 Å². The van der Waals surface area contributed by atoms with E-state index in [1.54, 1.807) is 0 Å². The number of fused-ring (bicyclic) bond motifs is 1.